The number of hydrogen-bond acceptors (Lipinski definition) is 4. The Kier molecular flexibility index (Phi) is 4.27. The van der Waals surface area contributed by atoms with E-state index < -0.39 is 6.17 Å². The lowest BCUT2D eigenvalue weighted by molar-refractivity contribution is 0.0424. The lowest BCUT2D eigenvalue weighted by Gasteiger charge is -2.39. The Bertz CT molecular complexity index is 805. The standard InChI is InChI=1S/C19H19ClN2O3/c20-12-7-8-17(23)15(10-12)18-21-16-6-2-1-5-14(16)19(24)22(18)11-13-4-3-9-25-13/h1-2,5-8,10,13,18,21,23H,3-4,9,11H2/t13-,18-/m0/s1. The monoisotopic (exact) mass is 358 g/mol. The minimum Gasteiger partial charge on any atom is -0.508 e. The first-order valence-electron chi connectivity index (χ1n) is 8.40. The third-order valence-electron chi connectivity index (χ3n) is 4.73. The van der Waals surface area contributed by atoms with Gasteiger partial charge in [-0.3, -0.25) is 4.79 Å². The average molecular weight is 359 g/mol. The van der Waals surface area contributed by atoms with Crippen LogP contribution in [0, 0.1) is 0 Å². The molecule has 2 N–H and O–H groups in total. The van der Waals surface area contributed by atoms with Crippen molar-refractivity contribution in [3.05, 3.63) is 58.6 Å². The van der Waals surface area contributed by atoms with Crippen LogP contribution in [0.15, 0.2) is 42.5 Å². The number of phenols is 1. The van der Waals surface area contributed by atoms with Crippen LogP contribution in [0.5, 0.6) is 5.75 Å². The third kappa shape index (κ3) is 3.05. The van der Waals surface area contributed by atoms with E-state index in [4.69, 9.17) is 16.3 Å². The van der Waals surface area contributed by atoms with Gasteiger partial charge in [-0.25, -0.2) is 0 Å². The smallest absolute Gasteiger partial charge is 0.257 e. The Morgan fingerprint density at radius 3 is 2.92 bits per heavy atom. The zero-order valence-corrected chi connectivity index (χ0v) is 14.4. The van der Waals surface area contributed by atoms with Crippen LogP contribution in [0.4, 0.5) is 5.69 Å². The summed E-state index contributed by atoms with van der Waals surface area (Å²) < 4.78 is 5.72. The molecule has 6 heteroatoms. The van der Waals surface area contributed by atoms with Crippen molar-refractivity contribution in [2.75, 3.05) is 18.5 Å². The van der Waals surface area contributed by atoms with E-state index in [9.17, 15) is 9.90 Å². The SMILES string of the molecule is O=C1c2ccccc2N[C@H](c2cc(Cl)ccc2O)N1C[C@@H]1CCCO1. The second kappa shape index (κ2) is 6.58. The van der Waals surface area contributed by atoms with Gasteiger partial charge in [0.1, 0.15) is 11.9 Å². The molecule has 0 aromatic heterocycles. The number of rotatable bonds is 3. The number of nitrogens with one attached hydrogen (secondary N) is 1. The zero-order chi connectivity index (χ0) is 17.4. The maximum absolute atomic E-state index is 13.1. The topological polar surface area (TPSA) is 61.8 Å². The van der Waals surface area contributed by atoms with E-state index in [1.807, 2.05) is 18.2 Å². The van der Waals surface area contributed by atoms with Crippen molar-refractivity contribution in [3.8, 4) is 5.75 Å². The molecule has 2 aromatic carbocycles. The molecule has 1 fully saturated rings. The summed E-state index contributed by atoms with van der Waals surface area (Å²) >= 11 is 6.12. The van der Waals surface area contributed by atoms with Gasteiger partial charge in [0.2, 0.25) is 0 Å². The van der Waals surface area contributed by atoms with Crippen molar-refractivity contribution in [1.82, 2.24) is 4.90 Å². The first-order valence-corrected chi connectivity index (χ1v) is 8.78. The number of ether oxygens (including phenoxy) is 1. The van der Waals surface area contributed by atoms with Gasteiger partial charge in [-0.2, -0.15) is 0 Å². The van der Waals surface area contributed by atoms with Crippen LogP contribution in [0.1, 0.15) is 34.9 Å². The van der Waals surface area contributed by atoms with E-state index in [1.54, 1.807) is 29.2 Å². The highest BCUT2D eigenvalue weighted by molar-refractivity contribution is 6.30. The normalized spacial score (nSPS) is 22.6. The number of amides is 1. The van der Waals surface area contributed by atoms with E-state index >= 15 is 0 Å². The Labute approximate surface area is 151 Å². The number of hydrogen-bond donors (Lipinski definition) is 2. The molecule has 0 unspecified atom stereocenters. The van der Waals surface area contributed by atoms with E-state index in [1.165, 1.54) is 0 Å². The molecule has 0 bridgehead atoms. The van der Waals surface area contributed by atoms with E-state index in [-0.39, 0.29) is 17.8 Å². The summed E-state index contributed by atoms with van der Waals surface area (Å²) in [6, 6.07) is 12.3. The second-order valence-corrected chi connectivity index (χ2v) is 6.82. The third-order valence-corrected chi connectivity index (χ3v) is 4.97. The molecule has 4 rings (SSSR count). The largest absolute Gasteiger partial charge is 0.508 e. The Balaban J connectivity index is 1.75. The highest BCUT2D eigenvalue weighted by Gasteiger charge is 2.36. The molecule has 2 atom stereocenters. The van der Waals surface area contributed by atoms with Gasteiger partial charge in [0, 0.05) is 29.4 Å². The Morgan fingerprint density at radius 2 is 2.12 bits per heavy atom. The van der Waals surface area contributed by atoms with E-state index in [2.05, 4.69) is 5.32 Å². The van der Waals surface area contributed by atoms with Crippen molar-refractivity contribution in [1.29, 1.82) is 0 Å². The number of phenolic OH excluding ortho intramolecular Hbond substituents is 1. The van der Waals surface area contributed by atoms with Crippen LogP contribution in [0.2, 0.25) is 5.02 Å². The molecule has 2 heterocycles. The molecule has 0 saturated carbocycles. The summed E-state index contributed by atoms with van der Waals surface area (Å²) in [5, 5.41) is 14.2. The van der Waals surface area contributed by atoms with Crippen molar-refractivity contribution >= 4 is 23.2 Å². The predicted molar refractivity (Wildman–Crippen MR) is 95.9 cm³/mol. The number of para-hydroxylation sites is 1. The molecule has 0 radical (unpaired) electrons. The van der Waals surface area contributed by atoms with E-state index in [0.717, 1.165) is 25.1 Å². The fraction of sp³-hybridized carbons (Fsp3) is 0.316. The molecule has 5 nitrogen and oxygen atoms in total. The minimum atomic E-state index is -0.495. The lowest BCUT2D eigenvalue weighted by Crippen LogP contribution is -2.46. The van der Waals surface area contributed by atoms with E-state index in [0.29, 0.717) is 22.7 Å². The average Bonchev–Trinajstić information content (AvgIpc) is 3.13. The summed E-state index contributed by atoms with van der Waals surface area (Å²) in [5.41, 5.74) is 1.95. The highest BCUT2D eigenvalue weighted by atomic mass is 35.5. The molecule has 2 aliphatic rings. The van der Waals surface area contributed by atoms with Gasteiger partial charge >= 0.3 is 0 Å². The minimum absolute atomic E-state index is 0.0137. The molecule has 2 aliphatic heterocycles. The second-order valence-electron chi connectivity index (χ2n) is 6.39. The number of fused-ring (bicyclic) bond motifs is 1. The molecular weight excluding hydrogens is 340 g/mol. The summed E-state index contributed by atoms with van der Waals surface area (Å²) in [5.74, 6) is 0.0284. The fourth-order valence-electron chi connectivity index (χ4n) is 3.48. The maximum atomic E-state index is 13.1. The molecule has 1 amide bonds. The Morgan fingerprint density at radius 1 is 1.28 bits per heavy atom. The van der Waals surface area contributed by atoms with Crippen LogP contribution in [-0.2, 0) is 4.74 Å². The van der Waals surface area contributed by atoms with Gasteiger partial charge in [0.15, 0.2) is 0 Å². The number of halogens is 1. The summed E-state index contributed by atoms with van der Waals surface area (Å²) in [7, 11) is 0. The number of aromatic hydroxyl groups is 1. The number of nitrogens with zero attached hydrogens (tertiary/aromatic N) is 1. The van der Waals surface area contributed by atoms with Crippen LogP contribution < -0.4 is 5.32 Å². The lowest BCUT2D eigenvalue weighted by atomic mass is 10.0. The van der Waals surface area contributed by atoms with Crippen LogP contribution in [0.25, 0.3) is 0 Å². The highest BCUT2D eigenvalue weighted by Crippen LogP contribution is 2.38. The number of anilines is 1. The molecule has 1 saturated heterocycles. The Hall–Kier alpha value is -2.24. The first kappa shape index (κ1) is 16.2. The quantitative estimate of drug-likeness (QED) is 0.876. The van der Waals surface area contributed by atoms with Crippen LogP contribution >= 0.6 is 11.6 Å². The maximum Gasteiger partial charge on any atom is 0.257 e. The molecule has 2 aromatic rings. The van der Waals surface area contributed by atoms with Gasteiger partial charge in [0.25, 0.3) is 5.91 Å². The predicted octanol–water partition coefficient (Wildman–Crippen LogP) is 3.79. The summed E-state index contributed by atoms with van der Waals surface area (Å²) in [6.07, 6.45) is 1.45. The number of benzene rings is 2. The molecule has 0 aliphatic carbocycles. The van der Waals surface area contributed by atoms with Gasteiger partial charge in [-0.15, -0.1) is 0 Å². The van der Waals surface area contributed by atoms with Gasteiger partial charge in [0.05, 0.1) is 11.7 Å². The molecule has 25 heavy (non-hydrogen) atoms. The molecule has 0 spiro atoms. The van der Waals surface area contributed by atoms with Gasteiger partial charge in [-0.1, -0.05) is 23.7 Å². The summed E-state index contributed by atoms with van der Waals surface area (Å²) in [6.45, 7) is 1.20. The van der Waals surface area contributed by atoms with Crippen LogP contribution in [-0.4, -0.2) is 35.2 Å². The molecular formula is C19H19ClN2O3. The van der Waals surface area contributed by atoms with Crippen molar-refractivity contribution in [2.45, 2.75) is 25.1 Å². The zero-order valence-electron chi connectivity index (χ0n) is 13.6. The summed E-state index contributed by atoms with van der Waals surface area (Å²) in [4.78, 5) is 14.8. The van der Waals surface area contributed by atoms with Crippen LogP contribution in [0.3, 0.4) is 0 Å². The fourth-order valence-corrected chi connectivity index (χ4v) is 3.66. The van der Waals surface area contributed by atoms with Gasteiger partial charge in [-0.05, 0) is 43.2 Å². The first-order chi connectivity index (χ1) is 12.1. The number of carbonyl (C=O) groups excluding carboxylic acids is 1. The van der Waals surface area contributed by atoms with Crippen molar-refractivity contribution in [2.24, 2.45) is 0 Å². The number of carbonyl (C=O) groups is 1. The van der Waals surface area contributed by atoms with Crippen molar-refractivity contribution in [3.63, 3.8) is 0 Å². The van der Waals surface area contributed by atoms with Crippen molar-refractivity contribution < 1.29 is 14.6 Å². The molecule has 130 valence electrons. The van der Waals surface area contributed by atoms with Gasteiger partial charge < -0.3 is 20.1 Å².